The van der Waals surface area contributed by atoms with Gasteiger partial charge < -0.3 is 14.8 Å². The van der Waals surface area contributed by atoms with Crippen LogP contribution in [0.1, 0.15) is 88.9 Å². The zero-order valence-corrected chi connectivity index (χ0v) is 16.8. The quantitative estimate of drug-likeness (QED) is 0.842. The zero-order chi connectivity index (χ0) is 19.3. The van der Waals surface area contributed by atoms with Crippen LogP contribution in [0.15, 0.2) is 6.33 Å². The lowest BCUT2D eigenvalue weighted by Crippen LogP contribution is -2.48. The van der Waals surface area contributed by atoms with Crippen LogP contribution in [0.5, 0.6) is 0 Å². The molecule has 0 radical (unpaired) electrons. The maximum Gasteiger partial charge on any atom is 0.243 e. The Labute approximate surface area is 167 Å². The first kappa shape index (κ1) is 19.4. The molecule has 4 rings (SSSR count). The fourth-order valence-corrected chi connectivity index (χ4v) is 5.23. The van der Waals surface area contributed by atoms with Crippen LogP contribution < -0.4 is 5.32 Å². The second kappa shape index (κ2) is 9.05. The van der Waals surface area contributed by atoms with Gasteiger partial charge in [-0.2, -0.15) is 0 Å². The van der Waals surface area contributed by atoms with Crippen LogP contribution in [0, 0.1) is 5.92 Å². The number of aromatic nitrogens is 3. The molecule has 2 saturated carbocycles. The van der Waals surface area contributed by atoms with Crippen LogP contribution in [-0.2, 0) is 16.1 Å². The average molecular weight is 388 g/mol. The van der Waals surface area contributed by atoms with E-state index in [-0.39, 0.29) is 23.8 Å². The molecule has 3 fully saturated rings. The summed E-state index contributed by atoms with van der Waals surface area (Å²) in [5.41, 5.74) is 0. The van der Waals surface area contributed by atoms with E-state index in [1.807, 2.05) is 4.90 Å². The number of nitrogens with zero attached hydrogens (tertiary/aromatic N) is 4. The van der Waals surface area contributed by atoms with Gasteiger partial charge in [0.25, 0.3) is 0 Å². The summed E-state index contributed by atoms with van der Waals surface area (Å²) in [4.78, 5) is 27.6. The van der Waals surface area contributed by atoms with Crippen LogP contribution in [0.25, 0.3) is 0 Å². The molecule has 1 atom stereocenters. The normalized spacial score (nSPS) is 24.4. The van der Waals surface area contributed by atoms with E-state index in [9.17, 15) is 9.59 Å². The predicted octanol–water partition coefficient (Wildman–Crippen LogP) is 2.97. The van der Waals surface area contributed by atoms with Crippen molar-refractivity contribution < 1.29 is 9.59 Å². The molecule has 1 aromatic heterocycles. The van der Waals surface area contributed by atoms with E-state index in [4.69, 9.17) is 0 Å². The molecule has 0 spiro atoms. The number of hydrogen-bond acceptors (Lipinski definition) is 4. The van der Waals surface area contributed by atoms with Crippen molar-refractivity contribution in [1.29, 1.82) is 0 Å². The molecular weight excluding hydrogens is 354 g/mol. The molecular formula is C21H33N5O2. The molecule has 1 saturated heterocycles. The van der Waals surface area contributed by atoms with Crippen LogP contribution >= 0.6 is 0 Å². The highest BCUT2D eigenvalue weighted by atomic mass is 16.2. The Bertz CT molecular complexity index is 676. The van der Waals surface area contributed by atoms with E-state index in [2.05, 4.69) is 20.1 Å². The monoisotopic (exact) mass is 387 g/mol. The summed E-state index contributed by atoms with van der Waals surface area (Å²) < 4.78 is 2.14. The minimum absolute atomic E-state index is 0.0418. The molecule has 3 aliphatic rings. The highest BCUT2D eigenvalue weighted by Gasteiger charge is 2.37. The molecule has 1 unspecified atom stereocenters. The molecule has 2 aliphatic carbocycles. The Hall–Kier alpha value is -1.92. The van der Waals surface area contributed by atoms with Gasteiger partial charge in [0.2, 0.25) is 11.8 Å². The number of rotatable bonds is 5. The van der Waals surface area contributed by atoms with Gasteiger partial charge in [-0.1, -0.05) is 38.5 Å². The van der Waals surface area contributed by atoms with Gasteiger partial charge in [-0.3, -0.25) is 9.59 Å². The first-order chi connectivity index (χ1) is 13.7. The Kier molecular flexibility index (Phi) is 6.27. The zero-order valence-electron chi connectivity index (χ0n) is 16.8. The van der Waals surface area contributed by atoms with Crippen molar-refractivity contribution in [2.45, 2.75) is 95.7 Å². The third kappa shape index (κ3) is 4.23. The van der Waals surface area contributed by atoms with Crippen LogP contribution in [0.4, 0.5) is 0 Å². The van der Waals surface area contributed by atoms with Gasteiger partial charge >= 0.3 is 0 Å². The molecule has 1 aliphatic heterocycles. The van der Waals surface area contributed by atoms with Gasteiger partial charge in [-0.05, 0) is 38.5 Å². The topological polar surface area (TPSA) is 80.1 Å². The minimum atomic E-state index is -0.319. The highest BCUT2D eigenvalue weighted by molar-refractivity contribution is 5.89. The molecule has 1 N–H and O–H groups in total. The molecule has 7 heteroatoms. The van der Waals surface area contributed by atoms with Crippen molar-refractivity contribution in [3.8, 4) is 0 Å². The molecule has 154 valence electrons. The largest absolute Gasteiger partial charge is 0.347 e. The third-order valence-corrected chi connectivity index (χ3v) is 6.83. The van der Waals surface area contributed by atoms with Crippen LogP contribution in [0.3, 0.4) is 0 Å². The maximum atomic E-state index is 12.9. The first-order valence-corrected chi connectivity index (χ1v) is 11.2. The fourth-order valence-electron chi connectivity index (χ4n) is 5.23. The Morgan fingerprint density at radius 3 is 2.43 bits per heavy atom. The number of amides is 2. The Morgan fingerprint density at radius 1 is 0.964 bits per heavy atom. The molecule has 0 bridgehead atoms. The number of carbonyl (C=O) groups excluding carboxylic acids is 2. The standard InChI is InChI=1S/C21H33N5O2/c27-20(18-12-7-13-25(18)21(28)16-8-3-1-4-9-16)22-14-19-24-23-15-26(19)17-10-5-2-6-11-17/h15-18H,1-14H2,(H,22,27). The smallest absolute Gasteiger partial charge is 0.243 e. The highest BCUT2D eigenvalue weighted by Crippen LogP contribution is 2.30. The van der Waals surface area contributed by atoms with Crippen LogP contribution in [0.2, 0.25) is 0 Å². The summed E-state index contributed by atoms with van der Waals surface area (Å²) in [5.74, 6) is 1.10. The number of likely N-dealkylation sites (tertiary alicyclic amines) is 1. The summed E-state index contributed by atoms with van der Waals surface area (Å²) in [5, 5.41) is 11.3. The van der Waals surface area contributed by atoms with Gasteiger partial charge in [0.15, 0.2) is 5.82 Å². The van der Waals surface area contributed by atoms with E-state index < -0.39 is 0 Å². The van der Waals surface area contributed by atoms with E-state index in [1.165, 1.54) is 25.7 Å². The van der Waals surface area contributed by atoms with Crippen molar-refractivity contribution in [2.24, 2.45) is 5.92 Å². The Balaban J connectivity index is 1.34. The molecule has 28 heavy (non-hydrogen) atoms. The van der Waals surface area contributed by atoms with Gasteiger partial charge in [-0.25, -0.2) is 0 Å². The second-order valence-corrected chi connectivity index (χ2v) is 8.69. The molecule has 2 heterocycles. The van der Waals surface area contributed by atoms with E-state index in [0.717, 1.165) is 57.2 Å². The number of hydrogen-bond donors (Lipinski definition) is 1. The fraction of sp³-hybridized carbons (Fsp3) is 0.810. The van der Waals surface area contributed by atoms with Crippen molar-refractivity contribution >= 4 is 11.8 Å². The van der Waals surface area contributed by atoms with Gasteiger partial charge in [0, 0.05) is 18.5 Å². The van der Waals surface area contributed by atoms with E-state index in [1.54, 1.807) is 6.33 Å². The van der Waals surface area contributed by atoms with Gasteiger partial charge in [0.1, 0.15) is 12.4 Å². The van der Waals surface area contributed by atoms with Crippen molar-refractivity contribution in [1.82, 2.24) is 25.0 Å². The Morgan fingerprint density at radius 2 is 1.68 bits per heavy atom. The molecule has 7 nitrogen and oxygen atoms in total. The van der Waals surface area contributed by atoms with Gasteiger partial charge in [-0.15, -0.1) is 10.2 Å². The second-order valence-electron chi connectivity index (χ2n) is 8.69. The maximum absolute atomic E-state index is 12.9. The summed E-state index contributed by atoms with van der Waals surface area (Å²) in [6.07, 6.45) is 15.0. The third-order valence-electron chi connectivity index (χ3n) is 6.83. The summed E-state index contributed by atoms with van der Waals surface area (Å²) in [6, 6.07) is 0.131. The molecule has 2 amide bonds. The van der Waals surface area contributed by atoms with E-state index >= 15 is 0 Å². The van der Waals surface area contributed by atoms with Crippen molar-refractivity contribution in [2.75, 3.05) is 6.54 Å². The summed E-state index contributed by atoms with van der Waals surface area (Å²) in [7, 11) is 0. The molecule has 0 aromatic carbocycles. The SMILES string of the molecule is O=C(NCc1nncn1C1CCCCC1)C1CCCN1C(=O)C1CCCCC1. The summed E-state index contributed by atoms with van der Waals surface area (Å²) >= 11 is 0. The average Bonchev–Trinajstić information content (AvgIpc) is 3.42. The number of carbonyl (C=O) groups is 2. The lowest BCUT2D eigenvalue weighted by Gasteiger charge is -2.30. The van der Waals surface area contributed by atoms with Crippen LogP contribution in [-0.4, -0.2) is 44.1 Å². The molecule has 1 aromatic rings. The van der Waals surface area contributed by atoms with Crippen molar-refractivity contribution in [3.05, 3.63) is 12.2 Å². The number of nitrogens with one attached hydrogen (secondary N) is 1. The van der Waals surface area contributed by atoms with Gasteiger partial charge in [0.05, 0.1) is 6.54 Å². The lowest BCUT2D eigenvalue weighted by molar-refractivity contribution is -0.142. The lowest BCUT2D eigenvalue weighted by atomic mass is 9.88. The predicted molar refractivity (Wildman–Crippen MR) is 105 cm³/mol. The minimum Gasteiger partial charge on any atom is -0.347 e. The first-order valence-electron chi connectivity index (χ1n) is 11.2. The van der Waals surface area contributed by atoms with E-state index in [0.29, 0.717) is 19.1 Å². The van der Waals surface area contributed by atoms with Crippen molar-refractivity contribution in [3.63, 3.8) is 0 Å². The summed E-state index contributed by atoms with van der Waals surface area (Å²) in [6.45, 7) is 1.10.